The Balaban J connectivity index is 1.88. The van der Waals surface area contributed by atoms with Crippen LogP contribution < -0.4 is 5.32 Å². The molecule has 2 rings (SSSR count). The molecule has 2 aliphatic rings. The number of hydrogen-bond acceptors (Lipinski definition) is 1. The first-order valence-corrected chi connectivity index (χ1v) is 4.91. The van der Waals surface area contributed by atoms with Gasteiger partial charge in [-0.3, -0.25) is 0 Å². The van der Waals surface area contributed by atoms with Crippen molar-refractivity contribution in [1.82, 2.24) is 5.32 Å². The van der Waals surface area contributed by atoms with Gasteiger partial charge in [0.15, 0.2) is 0 Å². The van der Waals surface area contributed by atoms with Gasteiger partial charge in [-0.25, -0.2) is 0 Å². The second kappa shape index (κ2) is 2.22. The van der Waals surface area contributed by atoms with Gasteiger partial charge < -0.3 is 5.32 Å². The molecule has 2 saturated carbocycles. The van der Waals surface area contributed by atoms with Crippen LogP contribution in [0.2, 0.25) is 0 Å². The molecule has 2 aliphatic carbocycles. The summed E-state index contributed by atoms with van der Waals surface area (Å²) < 4.78 is 0. The van der Waals surface area contributed by atoms with Crippen molar-refractivity contribution < 1.29 is 0 Å². The predicted molar refractivity (Wildman–Crippen MR) is 47.6 cm³/mol. The van der Waals surface area contributed by atoms with E-state index in [1.54, 1.807) is 0 Å². The fraction of sp³-hybridized carbons (Fsp3) is 1.00. The molecule has 1 nitrogen and oxygen atoms in total. The number of rotatable bonds is 2. The van der Waals surface area contributed by atoms with E-state index in [0.29, 0.717) is 11.1 Å². The SMILES string of the molecule is CC1(NC2(C)CCC2)CCC1. The van der Waals surface area contributed by atoms with Crippen molar-refractivity contribution in [3.8, 4) is 0 Å². The van der Waals surface area contributed by atoms with Crippen LogP contribution in [-0.2, 0) is 0 Å². The van der Waals surface area contributed by atoms with E-state index >= 15 is 0 Å². The normalized spacial score (nSPS) is 32.2. The summed E-state index contributed by atoms with van der Waals surface area (Å²) in [5, 5.41) is 3.81. The molecule has 2 fully saturated rings. The van der Waals surface area contributed by atoms with Gasteiger partial charge in [-0.05, 0) is 52.4 Å². The van der Waals surface area contributed by atoms with Crippen LogP contribution in [-0.4, -0.2) is 11.1 Å². The molecule has 0 atom stereocenters. The largest absolute Gasteiger partial charge is 0.306 e. The van der Waals surface area contributed by atoms with Crippen LogP contribution in [0.25, 0.3) is 0 Å². The van der Waals surface area contributed by atoms with Gasteiger partial charge in [0, 0.05) is 11.1 Å². The zero-order valence-corrected chi connectivity index (χ0v) is 7.74. The van der Waals surface area contributed by atoms with Gasteiger partial charge in [-0.15, -0.1) is 0 Å². The highest BCUT2D eigenvalue weighted by molar-refractivity contribution is 5.01. The molecule has 0 amide bonds. The van der Waals surface area contributed by atoms with E-state index in [1.807, 2.05) is 0 Å². The molecule has 1 N–H and O–H groups in total. The van der Waals surface area contributed by atoms with Crippen molar-refractivity contribution in [2.24, 2.45) is 0 Å². The van der Waals surface area contributed by atoms with Crippen molar-refractivity contribution in [3.63, 3.8) is 0 Å². The summed E-state index contributed by atoms with van der Waals surface area (Å²) in [5.41, 5.74) is 1.02. The highest BCUT2D eigenvalue weighted by Gasteiger charge is 2.41. The van der Waals surface area contributed by atoms with Gasteiger partial charge in [0.2, 0.25) is 0 Å². The topological polar surface area (TPSA) is 12.0 Å². The average molecular weight is 153 g/mol. The third-order valence-corrected chi connectivity index (χ3v) is 3.52. The van der Waals surface area contributed by atoms with Crippen LogP contribution in [0.15, 0.2) is 0 Å². The first kappa shape index (κ1) is 7.60. The molecule has 0 bridgehead atoms. The minimum Gasteiger partial charge on any atom is -0.306 e. The first-order valence-electron chi connectivity index (χ1n) is 4.91. The Morgan fingerprint density at radius 1 is 0.818 bits per heavy atom. The quantitative estimate of drug-likeness (QED) is 0.642. The molecule has 0 aromatic rings. The van der Waals surface area contributed by atoms with Crippen molar-refractivity contribution in [2.75, 3.05) is 0 Å². The lowest BCUT2D eigenvalue weighted by atomic mass is 9.71. The molecular formula is C10H19N. The van der Waals surface area contributed by atoms with Crippen LogP contribution >= 0.6 is 0 Å². The highest BCUT2D eigenvalue weighted by atomic mass is 15.1. The first-order chi connectivity index (χ1) is 5.12. The summed E-state index contributed by atoms with van der Waals surface area (Å²) in [6.45, 7) is 4.75. The van der Waals surface area contributed by atoms with E-state index in [2.05, 4.69) is 19.2 Å². The van der Waals surface area contributed by atoms with Gasteiger partial charge in [-0.2, -0.15) is 0 Å². The van der Waals surface area contributed by atoms with Crippen molar-refractivity contribution in [1.29, 1.82) is 0 Å². The summed E-state index contributed by atoms with van der Waals surface area (Å²) in [6, 6.07) is 0. The summed E-state index contributed by atoms with van der Waals surface area (Å²) in [4.78, 5) is 0. The standard InChI is InChI=1S/C10H19N/c1-9(5-3-6-9)11-10(2)7-4-8-10/h11H,3-8H2,1-2H3. The van der Waals surface area contributed by atoms with Crippen LogP contribution in [0, 0.1) is 0 Å². The number of nitrogens with one attached hydrogen (secondary N) is 1. The molecule has 0 radical (unpaired) electrons. The molecule has 1 heteroatoms. The Bertz CT molecular complexity index is 136. The predicted octanol–water partition coefficient (Wildman–Crippen LogP) is 2.46. The van der Waals surface area contributed by atoms with E-state index in [9.17, 15) is 0 Å². The molecule has 11 heavy (non-hydrogen) atoms. The summed E-state index contributed by atoms with van der Waals surface area (Å²) >= 11 is 0. The molecule has 0 aromatic heterocycles. The average Bonchev–Trinajstić information content (AvgIpc) is 1.81. The zero-order valence-electron chi connectivity index (χ0n) is 7.74. The lowest BCUT2D eigenvalue weighted by Gasteiger charge is -2.50. The van der Waals surface area contributed by atoms with E-state index in [1.165, 1.54) is 38.5 Å². The lowest BCUT2D eigenvalue weighted by molar-refractivity contribution is 0.0932. The van der Waals surface area contributed by atoms with Crippen molar-refractivity contribution >= 4 is 0 Å². The molecule has 0 unspecified atom stereocenters. The Morgan fingerprint density at radius 2 is 1.18 bits per heavy atom. The maximum atomic E-state index is 3.81. The van der Waals surface area contributed by atoms with E-state index < -0.39 is 0 Å². The van der Waals surface area contributed by atoms with Gasteiger partial charge >= 0.3 is 0 Å². The maximum Gasteiger partial charge on any atom is 0.0158 e. The lowest BCUT2D eigenvalue weighted by Crippen LogP contribution is -2.61. The minimum atomic E-state index is 0.509. The minimum absolute atomic E-state index is 0.509. The molecule has 0 spiro atoms. The molecule has 0 saturated heterocycles. The molecule has 64 valence electrons. The Labute approximate surface area is 69.6 Å². The van der Waals surface area contributed by atoms with Crippen LogP contribution in [0.4, 0.5) is 0 Å². The second-order valence-electron chi connectivity index (χ2n) is 4.95. The van der Waals surface area contributed by atoms with Gasteiger partial charge in [0.1, 0.15) is 0 Å². The Morgan fingerprint density at radius 3 is 1.36 bits per heavy atom. The summed E-state index contributed by atoms with van der Waals surface area (Å²) in [7, 11) is 0. The fourth-order valence-electron chi connectivity index (χ4n) is 2.39. The van der Waals surface area contributed by atoms with E-state index in [0.717, 1.165) is 0 Å². The fourth-order valence-corrected chi connectivity index (χ4v) is 2.39. The molecular weight excluding hydrogens is 134 g/mol. The van der Waals surface area contributed by atoms with Crippen LogP contribution in [0.3, 0.4) is 0 Å². The zero-order chi connectivity index (χ0) is 7.95. The molecule has 0 aromatic carbocycles. The maximum absolute atomic E-state index is 3.81. The van der Waals surface area contributed by atoms with Crippen LogP contribution in [0.1, 0.15) is 52.4 Å². The van der Waals surface area contributed by atoms with Gasteiger partial charge in [-0.1, -0.05) is 0 Å². The van der Waals surface area contributed by atoms with Crippen molar-refractivity contribution in [3.05, 3.63) is 0 Å². The highest BCUT2D eigenvalue weighted by Crippen LogP contribution is 2.39. The Hall–Kier alpha value is -0.0400. The third kappa shape index (κ3) is 1.31. The number of hydrogen-bond donors (Lipinski definition) is 1. The van der Waals surface area contributed by atoms with Gasteiger partial charge in [0.05, 0.1) is 0 Å². The monoisotopic (exact) mass is 153 g/mol. The summed E-state index contributed by atoms with van der Waals surface area (Å²) in [6.07, 6.45) is 8.43. The Kier molecular flexibility index (Phi) is 1.54. The van der Waals surface area contributed by atoms with Crippen molar-refractivity contribution in [2.45, 2.75) is 63.5 Å². The second-order valence-corrected chi connectivity index (χ2v) is 4.95. The van der Waals surface area contributed by atoms with E-state index in [-0.39, 0.29) is 0 Å². The van der Waals surface area contributed by atoms with Crippen LogP contribution in [0.5, 0.6) is 0 Å². The van der Waals surface area contributed by atoms with E-state index in [4.69, 9.17) is 0 Å². The third-order valence-electron chi connectivity index (χ3n) is 3.52. The molecule has 0 aliphatic heterocycles. The smallest absolute Gasteiger partial charge is 0.0158 e. The molecule has 0 heterocycles. The summed E-state index contributed by atoms with van der Waals surface area (Å²) in [5.74, 6) is 0. The van der Waals surface area contributed by atoms with Gasteiger partial charge in [0.25, 0.3) is 0 Å².